The van der Waals surface area contributed by atoms with Crippen molar-refractivity contribution in [1.82, 2.24) is 21.3 Å². The number of hydrogen-bond acceptors (Lipinski definition) is 8. The average Bonchev–Trinajstić information content (AvgIpc) is 2.70. The zero-order chi connectivity index (χ0) is 24.1. The van der Waals surface area contributed by atoms with Crippen LogP contribution in [0.25, 0.3) is 0 Å². The molecule has 0 saturated heterocycles. The summed E-state index contributed by atoms with van der Waals surface area (Å²) in [6.07, 6.45) is -0.149. The van der Waals surface area contributed by atoms with Gasteiger partial charge in [-0.2, -0.15) is 0 Å². The Bertz CT molecular complexity index is 643. The summed E-state index contributed by atoms with van der Waals surface area (Å²) >= 11 is 0. The molecule has 0 aromatic heterocycles. The number of amides is 4. The van der Waals surface area contributed by atoms with Crippen LogP contribution in [0.3, 0.4) is 0 Å². The van der Waals surface area contributed by atoms with Crippen molar-refractivity contribution in [3.8, 4) is 0 Å². The van der Waals surface area contributed by atoms with Gasteiger partial charge in [0, 0.05) is 0 Å². The van der Waals surface area contributed by atoms with Crippen molar-refractivity contribution in [1.29, 1.82) is 0 Å². The molecule has 0 aliphatic heterocycles. The molecule has 0 saturated carbocycles. The Labute approximate surface area is 180 Å². The number of hydrogen-bond donors (Lipinski definition) is 8. The van der Waals surface area contributed by atoms with E-state index in [1.807, 2.05) is 0 Å². The molecule has 13 nitrogen and oxygen atoms in total. The van der Waals surface area contributed by atoms with Crippen LogP contribution in [0.5, 0.6) is 0 Å². The molecule has 31 heavy (non-hydrogen) atoms. The SMILES string of the molecule is C[C@H](NC(=O)CN)C(=O)N[C@@H](C)C(=O)N[C@H](C(=O)N[C@@H](CCCCN)C(=O)O)[C@@H](C)O. The van der Waals surface area contributed by atoms with Gasteiger partial charge in [-0.1, -0.05) is 0 Å². The molecule has 0 aliphatic rings. The molecule has 0 heterocycles. The zero-order valence-corrected chi connectivity index (χ0v) is 18.0. The largest absolute Gasteiger partial charge is 0.480 e. The summed E-state index contributed by atoms with van der Waals surface area (Å²) in [5, 5.41) is 28.4. The number of aliphatic hydroxyl groups is 1. The standard InChI is InChI=1S/C18H34N6O7/c1-9(21-13(26)8-20)15(27)22-10(2)16(28)24-14(11(3)25)17(29)23-12(18(30)31)6-4-5-7-19/h9-12,14,25H,4-8,19-20H2,1-3H3,(H,21,26)(H,22,27)(H,23,29)(H,24,28)(H,30,31)/t9-,10-,11+,12-,14-/m0/s1. The molecule has 13 heteroatoms. The number of nitrogens with one attached hydrogen (secondary N) is 4. The Hall–Kier alpha value is -2.77. The lowest BCUT2D eigenvalue weighted by Crippen LogP contribution is -2.59. The van der Waals surface area contributed by atoms with Gasteiger partial charge in [-0.3, -0.25) is 19.2 Å². The highest BCUT2D eigenvalue weighted by Gasteiger charge is 2.31. The fraction of sp³-hybridized carbons (Fsp3) is 0.722. The number of carboxylic acids is 1. The lowest BCUT2D eigenvalue weighted by molar-refractivity contribution is -0.143. The lowest BCUT2D eigenvalue weighted by Gasteiger charge is -2.25. The molecule has 0 rings (SSSR count). The molecule has 0 aliphatic carbocycles. The van der Waals surface area contributed by atoms with Crippen LogP contribution in [0.1, 0.15) is 40.0 Å². The molecule has 4 amide bonds. The van der Waals surface area contributed by atoms with E-state index in [2.05, 4.69) is 21.3 Å². The first-order chi connectivity index (χ1) is 14.4. The quantitative estimate of drug-likeness (QED) is 0.124. The van der Waals surface area contributed by atoms with Gasteiger partial charge in [-0.15, -0.1) is 0 Å². The van der Waals surface area contributed by atoms with Crippen LogP contribution >= 0.6 is 0 Å². The number of nitrogens with two attached hydrogens (primary N) is 2. The van der Waals surface area contributed by atoms with Gasteiger partial charge in [0.1, 0.15) is 24.2 Å². The van der Waals surface area contributed by atoms with Crippen LogP contribution < -0.4 is 32.7 Å². The minimum atomic E-state index is -1.45. The van der Waals surface area contributed by atoms with Gasteiger partial charge in [-0.25, -0.2) is 4.79 Å². The van der Waals surface area contributed by atoms with Crippen LogP contribution in [-0.4, -0.2) is 83.2 Å². The number of aliphatic carboxylic acids is 1. The maximum Gasteiger partial charge on any atom is 0.326 e. The van der Waals surface area contributed by atoms with Gasteiger partial charge < -0.3 is 42.9 Å². The topological polar surface area (TPSA) is 226 Å². The number of aliphatic hydroxyl groups excluding tert-OH is 1. The first kappa shape index (κ1) is 28.2. The maximum atomic E-state index is 12.5. The molecule has 178 valence electrons. The highest BCUT2D eigenvalue weighted by Crippen LogP contribution is 2.03. The zero-order valence-electron chi connectivity index (χ0n) is 18.0. The summed E-state index contributed by atoms with van der Waals surface area (Å²) < 4.78 is 0. The molecule has 5 atom stereocenters. The lowest BCUT2D eigenvalue weighted by atomic mass is 10.1. The number of unbranched alkanes of at least 4 members (excludes halogenated alkanes) is 1. The van der Waals surface area contributed by atoms with E-state index in [1.54, 1.807) is 0 Å². The third-order valence-electron chi connectivity index (χ3n) is 4.33. The Morgan fingerprint density at radius 2 is 1.35 bits per heavy atom. The molecule has 0 radical (unpaired) electrons. The van der Waals surface area contributed by atoms with Crippen LogP contribution in [0.15, 0.2) is 0 Å². The van der Waals surface area contributed by atoms with Crippen molar-refractivity contribution in [3.63, 3.8) is 0 Å². The summed E-state index contributed by atoms with van der Waals surface area (Å²) in [5.74, 6) is -4.14. The minimum Gasteiger partial charge on any atom is -0.480 e. The van der Waals surface area contributed by atoms with Gasteiger partial charge in [0.2, 0.25) is 23.6 Å². The third kappa shape index (κ3) is 10.7. The van der Waals surface area contributed by atoms with Gasteiger partial charge in [0.05, 0.1) is 12.6 Å². The predicted octanol–water partition coefficient (Wildman–Crippen LogP) is -3.48. The van der Waals surface area contributed by atoms with Crippen LogP contribution in [0, 0.1) is 0 Å². The van der Waals surface area contributed by atoms with Crippen molar-refractivity contribution in [2.24, 2.45) is 11.5 Å². The first-order valence-corrected chi connectivity index (χ1v) is 9.96. The summed E-state index contributed by atoms with van der Waals surface area (Å²) in [5.41, 5.74) is 10.5. The monoisotopic (exact) mass is 446 g/mol. The molecule has 0 bridgehead atoms. The predicted molar refractivity (Wildman–Crippen MR) is 110 cm³/mol. The maximum absolute atomic E-state index is 12.5. The second kappa shape index (κ2) is 14.3. The van der Waals surface area contributed by atoms with E-state index >= 15 is 0 Å². The van der Waals surface area contributed by atoms with Crippen molar-refractivity contribution >= 4 is 29.6 Å². The van der Waals surface area contributed by atoms with E-state index in [0.717, 1.165) is 0 Å². The number of carbonyl (C=O) groups is 5. The highest BCUT2D eigenvalue weighted by atomic mass is 16.4. The third-order valence-corrected chi connectivity index (χ3v) is 4.33. The molecule has 0 aromatic carbocycles. The van der Waals surface area contributed by atoms with Crippen LogP contribution in [-0.2, 0) is 24.0 Å². The number of rotatable bonds is 14. The van der Waals surface area contributed by atoms with Crippen LogP contribution in [0.4, 0.5) is 0 Å². The molecular formula is C18H34N6O7. The molecule has 0 unspecified atom stereocenters. The minimum absolute atomic E-state index is 0.137. The Morgan fingerprint density at radius 1 is 0.806 bits per heavy atom. The normalized spacial score (nSPS) is 15.5. The van der Waals surface area contributed by atoms with Gasteiger partial charge >= 0.3 is 5.97 Å². The summed E-state index contributed by atoms with van der Waals surface area (Å²) in [4.78, 5) is 59.5. The average molecular weight is 447 g/mol. The fourth-order valence-electron chi connectivity index (χ4n) is 2.47. The summed E-state index contributed by atoms with van der Waals surface area (Å²) in [7, 11) is 0. The second-order valence-corrected chi connectivity index (χ2v) is 7.13. The Balaban J connectivity index is 4.97. The van der Waals surface area contributed by atoms with E-state index in [0.29, 0.717) is 19.4 Å². The number of carbonyl (C=O) groups excluding carboxylic acids is 4. The molecule has 0 spiro atoms. The van der Waals surface area contributed by atoms with Gasteiger partial charge in [-0.05, 0) is 46.6 Å². The first-order valence-electron chi connectivity index (χ1n) is 9.96. The fourth-order valence-corrected chi connectivity index (χ4v) is 2.47. The molecule has 10 N–H and O–H groups in total. The highest BCUT2D eigenvalue weighted by molar-refractivity contribution is 5.95. The van der Waals surface area contributed by atoms with Gasteiger partial charge in [0.15, 0.2) is 0 Å². The van der Waals surface area contributed by atoms with E-state index in [9.17, 15) is 34.2 Å². The van der Waals surface area contributed by atoms with Crippen molar-refractivity contribution < 1.29 is 34.2 Å². The van der Waals surface area contributed by atoms with E-state index in [4.69, 9.17) is 11.5 Å². The smallest absolute Gasteiger partial charge is 0.326 e. The molecule has 0 fully saturated rings. The van der Waals surface area contributed by atoms with Crippen molar-refractivity contribution in [2.75, 3.05) is 13.1 Å². The molecular weight excluding hydrogens is 412 g/mol. The van der Waals surface area contributed by atoms with Crippen molar-refractivity contribution in [2.45, 2.75) is 70.3 Å². The number of carboxylic acid groups (broad SMARTS) is 1. The van der Waals surface area contributed by atoms with E-state index in [-0.39, 0.29) is 13.0 Å². The second-order valence-electron chi connectivity index (χ2n) is 7.13. The summed E-state index contributed by atoms with van der Waals surface area (Å²) in [6.45, 7) is 4.07. The van der Waals surface area contributed by atoms with E-state index in [1.165, 1.54) is 20.8 Å². The molecule has 0 aromatic rings. The van der Waals surface area contributed by atoms with E-state index < -0.39 is 59.9 Å². The van der Waals surface area contributed by atoms with Crippen molar-refractivity contribution in [3.05, 3.63) is 0 Å². The van der Waals surface area contributed by atoms with Crippen LogP contribution in [0.2, 0.25) is 0 Å². The summed E-state index contributed by atoms with van der Waals surface area (Å²) in [6, 6.07) is -4.72. The Kier molecular flexibility index (Phi) is 13.0. The Morgan fingerprint density at radius 3 is 1.84 bits per heavy atom. The van der Waals surface area contributed by atoms with Gasteiger partial charge in [0.25, 0.3) is 0 Å².